The molecule has 1 aromatic carbocycles. The quantitative estimate of drug-likeness (QED) is 0.800. The summed E-state index contributed by atoms with van der Waals surface area (Å²) in [6.07, 6.45) is 0. The first-order valence-electron chi connectivity index (χ1n) is 6.47. The lowest BCUT2D eigenvalue weighted by Crippen LogP contribution is -2.34. The number of benzene rings is 1. The van der Waals surface area contributed by atoms with Crippen LogP contribution >= 0.6 is 11.6 Å². The summed E-state index contributed by atoms with van der Waals surface area (Å²) < 4.78 is 0. The summed E-state index contributed by atoms with van der Waals surface area (Å²) >= 11 is 6.28. The average molecular weight is 271 g/mol. The lowest BCUT2D eigenvalue weighted by Gasteiger charge is -2.30. The summed E-state index contributed by atoms with van der Waals surface area (Å²) in [5, 5.41) is 13.3. The normalized spacial score (nSPS) is 11.0. The third-order valence-corrected chi connectivity index (χ3v) is 3.27. The number of aliphatic hydroxyl groups excluding tert-OH is 1. The minimum atomic E-state index is 0.144. The van der Waals surface area contributed by atoms with Gasteiger partial charge in [0.1, 0.15) is 0 Å². The Hall–Kier alpha value is -0.770. The van der Waals surface area contributed by atoms with Gasteiger partial charge in [-0.05, 0) is 32.5 Å². The van der Waals surface area contributed by atoms with Gasteiger partial charge in [-0.25, -0.2) is 0 Å². The maximum absolute atomic E-state index is 9.19. The van der Waals surface area contributed by atoms with Crippen molar-refractivity contribution in [2.24, 2.45) is 0 Å². The molecular formula is C14H23ClN2O. The Morgan fingerprint density at radius 2 is 2.11 bits per heavy atom. The minimum absolute atomic E-state index is 0.144. The van der Waals surface area contributed by atoms with E-state index in [0.717, 1.165) is 29.4 Å². The van der Waals surface area contributed by atoms with Gasteiger partial charge in [0.05, 0.1) is 6.61 Å². The van der Waals surface area contributed by atoms with E-state index in [4.69, 9.17) is 11.6 Å². The summed E-state index contributed by atoms with van der Waals surface area (Å²) in [5.41, 5.74) is 2.20. The first kappa shape index (κ1) is 15.3. The van der Waals surface area contributed by atoms with Crippen LogP contribution in [0.2, 0.25) is 5.02 Å². The number of nitrogens with one attached hydrogen (secondary N) is 1. The highest BCUT2D eigenvalue weighted by Crippen LogP contribution is 2.28. The number of anilines is 1. The van der Waals surface area contributed by atoms with Crippen molar-refractivity contribution in [3.8, 4) is 0 Å². The molecule has 0 saturated carbocycles. The molecule has 0 aromatic heterocycles. The Balaban J connectivity index is 3.07. The molecule has 1 rings (SSSR count). The first-order chi connectivity index (χ1) is 8.61. The average Bonchev–Trinajstić information content (AvgIpc) is 2.34. The largest absolute Gasteiger partial charge is 0.395 e. The van der Waals surface area contributed by atoms with Crippen molar-refractivity contribution in [2.45, 2.75) is 33.4 Å². The maximum Gasteiger partial charge on any atom is 0.0606 e. The van der Waals surface area contributed by atoms with E-state index >= 15 is 0 Å². The topological polar surface area (TPSA) is 35.5 Å². The van der Waals surface area contributed by atoms with Crippen molar-refractivity contribution in [2.75, 3.05) is 24.6 Å². The highest BCUT2D eigenvalue weighted by Gasteiger charge is 2.15. The zero-order valence-corrected chi connectivity index (χ0v) is 12.2. The molecule has 0 heterocycles. The molecule has 0 unspecified atom stereocenters. The molecule has 3 nitrogen and oxygen atoms in total. The molecule has 4 heteroatoms. The summed E-state index contributed by atoms with van der Waals surface area (Å²) in [6.45, 7) is 8.74. The second kappa shape index (κ2) is 7.62. The number of hydrogen-bond acceptors (Lipinski definition) is 3. The number of halogens is 1. The molecule has 0 aliphatic carbocycles. The van der Waals surface area contributed by atoms with Gasteiger partial charge in [-0.3, -0.25) is 0 Å². The summed E-state index contributed by atoms with van der Waals surface area (Å²) in [4.78, 5) is 2.18. The van der Waals surface area contributed by atoms with Crippen LogP contribution in [0.3, 0.4) is 0 Å². The molecule has 0 aliphatic heterocycles. The predicted octanol–water partition coefficient (Wildman–Crippen LogP) is 2.66. The Kier molecular flexibility index (Phi) is 6.47. The van der Waals surface area contributed by atoms with Crippen molar-refractivity contribution in [1.29, 1.82) is 0 Å². The summed E-state index contributed by atoms with van der Waals surface area (Å²) in [7, 11) is 0. The van der Waals surface area contributed by atoms with Crippen molar-refractivity contribution in [3.05, 3.63) is 28.8 Å². The lowest BCUT2D eigenvalue weighted by atomic mass is 10.1. The van der Waals surface area contributed by atoms with Crippen LogP contribution in [0.4, 0.5) is 5.69 Å². The van der Waals surface area contributed by atoms with Gasteiger partial charge in [0.25, 0.3) is 0 Å². The molecule has 0 radical (unpaired) electrons. The van der Waals surface area contributed by atoms with Gasteiger partial charge in [0.2, 0.25) is 0 Å². The fourth-order valence-electron chi connectivity index (χ4n) is 2.01. The summed E-state index contributed by atoms with van der Waals surface area (Å²) in [5.74, 6) is 0. The SMILES string of the molecule is CCNCc1c(Cl)cccc1N(CCO)C(C)C. The number of aliphatic hydroxyl groups is 1. The molecule has 0 saturated heterocycles. The predicted molar refractivity (Wildman–Crippen MR) is 78.4 cm³/mol. The van der Waals surface area contributed by atoms with Gasteiger partial charge in [-0.1, -0.05) is 24.6 Å². The zero-order valence-electron chi connectivity index (χ0n) is 11.4. The van der Waals surface area contributed by atoms with Gasteiger partial charge in [-0.15, -0.1) is 0 Å². The third kappa shape index (κ3) is 3.87. The van der Waals surface area contributed by atoms with Crippen LogP contribution in [0.15, 0.2) is 18.2 Å². The van der Waals surface area contributed by atoms with Crippen molar-refractivity contribution in [1.82, 2.24) is 5.32 Å². The fraction of sp³-hybridized carbons (Fsp3) is 0.571. The van der Waals surface area contributed by atoms with Crippen LogP contribution in [0, 0.1) is 0 Å². The fourth-order valence-corrected chi connectivity index (χ4v) is 2.24. The lowest BCUT2D eigenvalue weighted by molar-refractivity contribution is 0.299. The smallest absolute Gasteiger partial charge is 0.0606 e. The van der Waals surface area contributed by atoms with Crippen LogP contribution in [-0.2, 0) is 6.54 Å². The second-order valence-electron chi connectivity index (χ2n) is 4.53. The van der Waals surface area contributed by atoms with E-state index in [0.29, 0.717) is 12.6 Å². The Bertz CT molecular complexity index is 369. The van der Waals surface area contributed by atoms with Crippen LogP contribution in [-0.4, -0.2) is 30.8 Å². The van der Waals surface area contributed by atoms with E-state index in [1.165, 1.54) is 0 Å². The molecule has 0 amide bonds. The van der Waals surface area contributed by atoms with E-state index in [9.17, 15) is 5.11 Å². The Morgan fingerprint density at radius 1 is 1.39 bits per heavy atom. The van der Waals surface area contributed by atoms with Gasteiger partial charge in [-0.2, -0.15) is 0 Å². The summed E-state index contributed by atoms with van der Waals surface area (Å²) in [6, 6.07) is 6.26. The van der Waals surface area contributed by atoms with Gasteiger partial charge in [0, 0.05) is 35.4 Å². The number of rotatable bonds is 7. The molecule has 0 aliphatic rings. The van der Waals surface area contributed by atoms with E-state index in [2.05, 4.69) is 37.1 Å². The zero-order chi connectivity index (χ0) is 13.5. The van der Waals surface area contributed by atoms with E-state index in [1.807, 2.05) is 12.1 Å². The number of hydrogen-bond donors (Lipinski definition) is 2. The van der Waals surface area contributed by atoms with Gasteiger partial charge < -0.3 is 15.3 Å². The van der Waals surface area contributed by atoms with Gasteiger partial charge in [0.15, 0.2) is 0 Å². The molecule has 0 bridgehead atoms. The molecule has 0 spiro atoms. The van der Waals surface area contributed by atoms with Crippen LogP contribution < -0.4 is 10.2 Å². The van der Waals surface area contributed by atoms with Crippen molar-refractivity contribution >= 4 is 17.3 Å². The Labute approximate surface area is 115 Å². The standard InChI is InChI=1S/C14H23ClN2O/c1-4-16-10-12-13(15)6-5-7-14(12)17(8-9-18)11(2)3/h5-7,11,16,18H,4,8-10H2,1-3H3. The first-order valence-corrected chi connectivity index (χ1v) is 6.85. The van der Waals surface area contributed by atoms with E-state index in [-0.39, 0.29) is 6.61 Å². The van der Waals surface area contributed by atoms with Crippen LogP contribution in [0.25, 0.3) is 0 Å². The minimum Gasteiger partial charge on any atom is -0.395 e. The second-order valence-corrected chi connectivity index (χ2v) is 4.94. The van der Waals surface area contributed by atoms with Gasteiger partial charge >= 0.3 is 0 Å². The monoisotopic (exact) mass is 270 g/mol. The molecule has 1 aromatic rings. The molecule has 2 N–H and O–H groups in total. The van der Waals surface area contributed by atoms with Crippen LogP contribution in [0.1, 0.15) is 26.3 Å². The van der Waals surface area contributed by atoms with Crippen molar-refractivity contribution < 1.29 is 5.11 Å². The maximum atomic E-state index is 9.19. The Morgan fingerprint density at radius 3 is 2.67 bits per heavy atom. The molecule has 18 heavy (non-hydrogen) atoms. The molecule has 0 fully saturated rings. The molecule has 0 atom stereocenters. The highest BCUT2D eigenvalue weighted by atomic mass is 35.5. The number of nitrogens with zero attached hydrogens (tertiary/aromatic N) is 1. The molecule has 102 valence electrons. The van der Waals surface area contributed by atoms with E-state index in [1.54, 1.807) is 0 Å². The van der Waals surface area contributed by atoms with E-state index < -0.39 is 0 Å². The highest BCUT2D eigenvalue weighted by molar-refractivity contribution is 6.31. The van der Waals surface area contributed by atoms with Crippen LogP contribution in [0.5, 0.6) is 0 Å². The van der Waals surface area contributed by atoms with Crippen molar-refractivity contribution in [3.63, 3.8) is 0 Å². The third-order valence-electron chi connectivity index (χ3n) is 2.92. The molecular weight excluding hydrogens is 248 g/mol.